The minimum Gasteiger partial charge on any atom is -0.462 e. The lowest BCUT2D eigenvalue weighted by molar-refractivity contribution is -0.167. The molecular weight excluding hydrogens is 1020 g/mol. The van der Waals surface area contributed by atoms with Gasteiger partial charge in [0, 0.05) is 19.3 Å². The van der Waals surface area contributed by atoms with Gasteiger partial charge in [0.15, 0.2) is 6.10 Å². The summed E-state index contributed by atoms with van der Waals surface area (Å²) in [5.41, 5.74) is 0. The van der Waals surface area contributed by atoms with E-state index >= 15 is 0 Å². The van der Waals surface area contributed by atoms with Crippen LogP contribution in [0.25, 0.3) is 0 Å². The summed E-state index contributed by atoms with van der Waals surface area (Å²) in [6.45, 7) is 6.54. The number of hydrogen-bond acceptors (Lipinski definition) is 6. The van der Waals surface area contributed by atoms with Gasteiger partial charge in [0.25, 0.3) is 0 Å². The molecular formula is C77H136O6. The molecule has 0 aliphatic rings. The van der Waals surface area contributed by atoms with E-state index < -0.39 is 6.10 Å². The quantitative estimate of drug-likeness (QED) is 0.0261. The maximum atomic E-state index is 12.9. The molecule has 0 aromatic heterocycles. The fraction of sp³-hybridized carbons (Fsp3) is 0.779. The topological polar surface area (TPSA) is 78.9 Å². The van der Waals surface area contributed by atoms with Gasteiger partial charge in [0.05, 0.1) is 0 Å². The van der Waals surface area contributed by atoms with E-state index in [0.29, 0.717) is 19.3 Å². The Hall–Kier alpha value is -3.41. The minimum absolute atomic E-state index is 0.0714. The molecule has 0 saturated heterocycles. The zero-order chi connectivity index (χ0) is 59.9. The second kappa shape index (κ2) is 71.1. The fourth-order valence-electron chi connectivity index (χ4n) is 10.5. The zero-order valence-electron chi connectivity index (χ0n) is 55.2. The number of esters is 3. The van der Waals surface area contributed by atoms with Crippen LogP contribution >= 0.6 is 0 Å². The summed E-state index contributed by atoms with van der Waals surface area (Å²) in [5.74, 6) is -0.855. The molecule has 0 aliphatic carbocycles. The smallest absolute Gasteiger partial charge is 0.306 e. The molecule has 0 radical (unpaired) electrons. The largest absolute Gasteiger partial charge is 0.462 e. The van der Waals surface area contributed by atoms with Crippen LogP contribution in [0.3, 0.4) is 0 Å². The number of rotatable bonds is 66. The van der Waals surface area contributed by atoms with Crippen molar-refractivity contribution >= 4 is 17.9 Å². The van der Waals surface area contributed by atoms with Gasteiger partial charge in [-0.15, -0.1) is 0 Å². The fourth-order valence-corrected chi connectivity index (χ4v) is 10.5. The lowest BCUT2D eigenvalue weighted by Crippen LogP contribution is -2.30. The summed E-state index contributed by atoms with van der Waals surface area (Å²) in [6, 6.07) is 0. The molecule has 0 fully saturated rings. The molecule has 480 valence electrons. The van der Waals surface area contributed by atoms with Gasteiger partial charge in [-0.05, 0) is 96.3 Å². The van der Waals surface area contributed by atoms with Crippen molar-refractivity contribution in [1.29, 1.82) is 0 Å². The Kier molecular flexibility index (Phi) is 68.2. The van der Waals surface area contributed by atoms with Crippen molar-refractivity contribution in [2.45, 2.75) is 374 Å². The number of ether oxygens (including phenoxy) is 3. The summed E-state index contributed by atoms with van der Waals surface area (Å²) >= 11 is 0. The highest BCUT2D eigenvalue weighted by Crippen LogP contribution is 2.18. The standard InChI is InChI=1S/C77H136O6/c1-4-7-10-13-16-19-21-23-25-27-29-31-33-35-36-37-38-39-40-42-43-45-47-49-51-53-55-58-61-64-67-70-76(79)82-73-74(72-81-75(78)69-66-63-60-57-18-15-12-9-6-3)83-77(80)71-68-65-62-59-56-54-52-50-48-46-44-41-34-32-30-28-26-24-22-20-17-14-11-8-5-2/h7,10,16,19,22-25,28-31,35-36,74H,4-6,8-9,11-15,17-18,20-21,26-27,32-34,37-73H2,1-3H3/b10-7-,19-16-,24-22-,25-23-,30-28-,31-29-,36-35-. The monoisotopic (exact) mass is 1160 g/mol. The lowest BCUT2D eigenvalue weighted by Gasteiger charge is -2.18. The maximum absolute atomic E-state index is 12.9. The third-order valence-corrected chi connectivity index (χ3v) is 15.9. The predicted octanol–water partition coefficient (Wildman–Crippen LogP) is 25.0. The highest BCUT2D eigenvalue weighted by Gasteiger charge is 2.19. The van der Waals surface area contributed by atoms with Gasteiger partial charge in [0.2, 0.25) is 0 Å². The van der Waals surface area contributed by atoms with Gasteiger partial charge in [0.1, 0.15) is 13.2 Å². The minimum atomic E-state index is -0.774. The van der Waals surface area contributed by atoms with Crippen molar-refractivity contribution in [3.05, 3.63) is 85.1 Å². The van der Waals surface area contributed by atoms with E-state index in [9.17, 15) is 14.4 Å². The molecule has 83 heavy (non-hydrogen) atoms. The highest BCUT2D eigenvalue weighted by atomic mass is 16.6. The number of hydrogen-bond donors (Lipinski definition) is 0. The molecule has 0 N–H and O–H groups in total. The van der Waals surface area contributed by atoms with E-state index in [4.69, 9.17) is 14.2 Å². The van der Waals surface area contributed by atoms with Gasteiger partial charge in [-0.25, -0.2) is 0 Å². The van der Waals surface area contributed by atoms with E-state index in [1.54, 1.807) is 0 Å². The first-order chi connectivity index (χ1) is 41.0. The Morgan fingerprint density at radius 3 is 0.735 bits per heavy atom. The predicted molar refractivity (Wildman–Crippen MR) is 362 cm³/mol. The summed E-state index contributed by atoms with van der Waals surface area (Å²) in [4.78, 5) is 38.3. The normalized spacial score (nSPS) is 12.6. The van der Waals surface area contributed by atoms with Crippen molar-refractivity contribution < 1.29 is 28.6 Å². The van der Waals surface area contributed by atoms with Crippen LogP contribution in [-0.4, -0.2) is 37.2 Å². The van der Waals surface area contributed by atoms with Gasteiger partial charge < -0.3 is 14.2 Å². The average molecular weight is 1160 g/mol. The molecule has 0 saturated carbocycles. The number of carbonyl (C=O) groups is 3. The van der Waals surface area contributed by atoms with Crippen molar-refractivity contribution in [2.24, 2.45) is 0 Å². The van der Waals surface area contributed by atoms with Crippen LogP contribution in [0.2, 0.25) is 0 Å². The van der Waals surface area contributed by atoms with Gasteiger partial charge in [-0.1, -0.05) is 337 Å². The van der Waals surface area contributed by atoms with E-state index in [2.05, 4.69) is 106 Å². The zero-order valence-corrected chi connectivity index (χ0v) is 55.2. The van der Waals surface area contributed by atoms with Crippen LogP contribution in [-0.2, 0) is 28.6 Å². The second-order valence-electron chi connectivity index (χ2n) is 24.1. The molecule has 1 atom stereocenters. The number of carbonyl (C=O) groups excluding carboxylic acids is 3. The summed E-state index contributed by atoms with van der Waals surface area (Å²) in [7, 11) is 0. The van der Waals surface area contributed by atoms with E-state index in [1.165, 1.54) is 231 Å². The first-order valence-electron chi connectivity index (χ1n) is 36.1. The van der Waals surface area contributed by atoms with Gasteiger partial charge in [-0.2, -0.15) is 0 Å². The maximum Gasteiger partial charge on any atom is 0.306 e. The highest BCUT2D eigenvalue weighted by molar-refractivity contribution is 5.71. The molecule has 0 aliphatic heterocycles. The van der Waals surface area contributed by atoms with Crippen molar-refractivity contribution in [3.63, 3.8) is 0 Å². The molecule has 6 heteroatoms. The summed E-state index contributed by atoms with van der Waals surface area (Å²) in [6.07, 6.45) is 94.9. The molecule has 0 amide bonds. The van der Waals surface area contributed by atoms with Crippen molar-refractivity contribution in [1.82, 2.24) is 0 Å². The van der Waals surface area contributed by atoms with Crippen molar-refractivity contribution in [3.8, 4) is 0 Å². The van der Waals surface area contributed by atoms with Crippen LogP contribution in [0.15, 0.2) is 85.1 Å². The van der Waals surface area contributed by atoms with E-state index in [1.807, 2.05) is 0 Å². The number of allylic oxidation sites excluding steroid dienone is 14. The molecule has 0 aromatic rings. The molecule has 0 spiro atoms. The van der Waals surface area contributed by atoms with Crippen LogP contribution < -0.4 is 0 Å². The summed E-state index contributed by atoms with van der Waals surface area (Å²) < 4.78 is 16.9. The van der Waals surface area contributed by atoms with Crippen LogP contribution in [0.5, 0.6) is 0 Å². The Labute approximate surface area is 515 Å². The summed E-state index contributed by atoms with van der Waals surface area (Å²) in [5, 5.41) is 0. The van der Waals surface area contributed by atoms with Crippen LogP contribution in [0.4, 0.5) is 0 Å². The van der Waals surface area contributed by atoms with Crippen LogP contribution in [0, 0.1) is 0 Å². The molecule has 6 nitrogen and oxygen atoms in total. The molecule has 0 heterocycles. The third kappa shape index (κ3) is 69.3. The lowest BCUT2D eigenvalue weighted by atomic mass is 10.0. The van der Waals surface area contributed by atoms with E-state index in [-0.39, 0.29) is 31.1 Å². The molecule has 0 bridgehead atoms. The van der Waals surface area contributed by atoms with Crippen LogP contribution in [0.1, 0.15) is 367 Å². The first-order valence-corrected chi connectivity index (χ1v) is 36.1. The number of unbranched alkanes of at least 4 members (excludes halogenated alkanes) is 41. The van der Waals surface area contributed by atoms with Gasteiger partial charge in [-0.3, -0.25) is 14.4 Å². The second-order valence-corrected chi connectivity index (χ2v) is 24.1. The molecule has 1 unspecified atom stereocenters. The average Bonchev–Trinajstić information content (AvgIpc) is 3.49. The van der Waals surface area contributed by atoms with Crippen molar-refractivity contribution in [2.75, 3.05) is 13.2 Å². The molecule has 0 aromatic carbocycles. The Bertz CT molecular complexity index is 1570. The van der Waals surface area contributed by atoms with Gasteiger partial charge >= 0.3 is 17.9 Å². The first kappa shape index (κ1) is 79.6. The Morgan fingerprint density at radius 2 is 0.470 bits per heavy atom. The SMILES string of the molecule is CC/C=C\C/C=C\C/C=C\C/C=C\C/C=C\CCCCCCCCCCCCCCCCCC(=O)OCC(COC(=O)CCCCCCCCCCC)OC(=O)CCCCCCCCCCCCCCC/C=C\C/C=C\CCCCCCC. The van der Waals surface area contributed by atoms with E-state index in [0.717, 1.165) is 96.3 Å². The Balaban J connectivity index is 4.12. The molecule has 0 rings (SSSR count). The third-order valence-electron chi connectivity index (χ3n) is 15.9. The Morgan fingerprint density at radius 1 is 0.253 bits per heavy atom.